The van der Waals surface area contributed by atoms with Crippen molar-refractivity contribution in [1.29, 1.82) is 0 Å². The molecule has 10 nitrogen and oxygen atoms in total. The molecular formula is C34H36F3N7O3S. The smallest absolute Gasteiger partial charge is 0.395 e. The molecule has 2 N–H and O–H groups in total. The van der Waals surface area contributed by atoms with Crippen LogP contribution in [-0.2, 0) is 19.9 Å². The number of hydrogen-bond donors (Lipinski definition) is 1. The van der Waals surface area contributed by atoms with E-state index in [1.165, 1.54) is 22.8 Å². The number of alkyl halides is 3. The number of amides is 1. The van der Waals surface area contributed by atoms with Crippen molar-refractivity contribution in [3.63, 3.8) is 0 Å². The van der Waals surface area contributed by atoms with E-state index in [0.717, 1.165) is 11.3 Å². The van der Waals surface area contributed by atoms with Crippen LogP contribution >= 0.6 is 11.5 Å². The van der Waals surface area contributed by atoms with Crippen LogP contribution in [0.3, 0.4) is 0 Å². The number of hydrogen-bond acceptors (Lipinski definition) is 9. The van der Waals surface area contributed by atoms with Crippen molar-refractivity contribution < 1.29 is 27.5 Å². The molecule has 0 bridgehead atoms. The van der Waals surface area contributed by atoms with Crippen LogP contribution in [0.5, 0.6) is 0 Å². The Morgan fingerprint density at radius 1 is 1.10 bits per heavy atom. The predicted molar refractivity (Wildman–Crippen MR) is 174 cm³/mol. The maximum absolute atomic E-state index is 14.8. The van der Waals surface area contributed by atoms with Crippen molar-refractivity contribution >= 4 is 29.4 Å². The molecule has 1 amide bonds. The molecular weight excluding hydrogens is 643 g/mol. The molecule has 252 valence electrons. The van der Waals surface area contributed by atoms with Crippen molar-refractivity contribution in [2.75, 3.05) is 6.61 Å². The van der Waals surface area contributed by atoms with Crippen LogP contribution in [0.1, 0.15) is 69.4 Å². The van der Waals surface area contributed by atoms with Gasteiger partial charge < -0.3 is 10.5 Å². The Balaban J connectivity index is 1.38. The zero-order valence-corrected chi connectivity index (χ0v) is 27.8. The number of ether oxygens (including phenoxy) is 1. The first-order valence-electron chi connectivity index (χ1n) is 15.5. The highest BCUT2D eigenvalue weighted by Crippen LogP contribution is 2.60. The summed E-state index contributed by atoms with van der Waals surface area (Å²) < 4.78 is 52.5. The van der Waals surface area contributed by atoms with Crippen LogP contribution in [0.15, 0.2) is 71.3 Å². The van der Waals surface area contributed by atoms with E-state index >= 15 is 0 Å². The van der Waals surface area contributed by atoms with Gasteiger partial charge in [0.2, 0.25) is 0 Å². The van der Waals surface area contributed by atoms with E-state index < -0.39 is 48.1 Å². The summed E-state index contributed by atoms with van der Waals surface area (Å²) in [7, 11) is 0. The topological polar surface area (TPSA) is 129 Å². The van der Waals surface area contributed by atoms with Crippen LogP contribution in [0.25, 0.3) is 16.9 Å². The van der Waals surface area contributed by atoms with Gasteiger partial charge in [0.1, 0.15) is 18.8 Å². The summed E-state index contributed by atoms with van der Waals surface area (Å²) >= 11 is 1.34. The summed E-state index contributed by atoms with van der Waals surface area (Å²) in [5.74, 6) is -0.918. The average Bonchev–Trinajstić information content (AvgIpc) is 3.32. The maximum atomic E-state index is 14.8. The quantitative estimate of drug-likeness (QED) is 0.189. The van der Waals surface area contributed by atoms with E-state index in [2.05, 4.69) is 14.5 Å². The molecule has 2 aliphatic rings. The molecule has 1 aliphatic carbocycles. The van der Waals surface area contributed by atoms with Gasteiger partial charge in [0.15, 0.2) is 11.5 Å². The van der Waals surface area contributed by atoms with Gasteiger partial charge in [-0.15, -0.1) is 0 Å². The summed E-state index contributed by atoms with van der Waals surface area (Å²) in [5.41, 5.74) is 6.18. The lowest BCUT2D eigenvalue weighted by atomic mass is 9.75. The molecule has 2 aromatic heterocycles. The number of nitrogens with two attached hydrogens (primary N) is 1. The molecule has 48 heavy (non-hydrogen) atoms. The van der Waals surface area contributed by atoms with E-state index in [0.29, 0.717) is 29.1 Å². The Morgan fingerprint density at radius 3 is 2.42 bits per heavy atom. The van der Waals surface area contributed by atoms with E-state index in [4.69, 9.17) is 15.5 Å². The number of guanidine groups is 1. The number of rotatable bonds is 10. The van der Waals surface area contributed by atoms with E-state index in [9.17, 15) is 22.8 Å². The Hall–Kier alpha value is -4.59. The molecule has 0 saturated heterocycles. The van der Waals surface area contributed by atoms with Gasteiger partial charge in [-0.25, -0.2) is 14.7 Å². The summed E-state index contributed by atoms with van der Waals surface area (Å²) in [5, 5.41) is 6.15. The summed E-state index contributed by atoms with van der Waals surface area (Å²) in [4.78, 5) is 38.1. The lowest BCUT2D eigenvalue weighted by molar-refractivity contribution is -0.195. The van der Waals surface area contributed by atoms with Crippen molar-refractivity contribution in [3.8, 4) is 16.9 Å². The Bertz CT molecular complexity index is 1840. The maximum Gasteiger partial charge on any atom is 0.395 e. The fourth-order valence-electron chi connectivity index (χ4n) is 6.30. The molecule has 0 unspecified atom stereocenters. The number of aliphatic imine (C=N–C) groups is 1. The van der Waals surface area contributed by atoms with E-state index in [1.54, 1.807) is 35.9 Å². The first kappa shape index (κ1) is 33.3. The molecule has 2 aromatic carbocycles. The van der Waals surface area contributed by atoms with Gasteiger partial charge in [0.05, 0.1) is 29.3 Å². The number of carbonyl (C=O) groups excluding carboxylic acids is 2. The molecule has 14 heteroatoms. The van der Waals surface area contributed by atoms with Gasteiger partial charge in [0.25, 0.3) is 5.91 Å². The number of aryl methyl sites for hydroxylation is 1. The number of carbonyl (C=O) groups is 2. The van der Waals surface area contributed by atoms with Gasteiger partial charge in [-0.1, -0.05) is 57.2 Å². The Morgan fingerprint density at radius 2 is 1.83 bits per heavy atom. The monoisotopic (exact) mass is 679 g/mol. The largest absolute Gasteiger partial charge is 0.463 e. The minimum absolute atomic E-state index is 0.0924. The number of halogens is 3. The van der Waals surface area contributed by atoms with E-state index in [-0.39, 0.29) is 24.2 Å². The lowest BCUT2D eigenvalue weighted by Gasteiger charge is -2.35. The zero-order valence-electron chi connectivity index (χ0n) is 27.0. The fraction of sp³-hybridized carbons (Fsp3) is 0.412. The number of esters is 1. The average molecular weight is 680 g/mol. The van der Waals surface area contributed by atoms with Crippen LogP contribution in [-0.4, -0.2) is 54.7 Å². The highest BCUT2D eigenvalue weighted by molar-refractivity contribution is 7.03. The van der Waals surface area contributed by atoms with Crippen molar-refractivity contribution in [1.82, 2.24) is 24.0 Å². The number of nitrogens with zero attached hydrogens (tertiary/aromatic N) is 6. The molecule has 6 rings (SSSR count). The molecule has 3 heterocycles. The third-order valence-electron chi connectivity index (χ3n) is 8.88. The van der Waals surface area contributed by atoms with Gasteiger partial charge >= 0.3 is 12.1 Å². The van der Waals surface area contributed by atoms with Crippen LogP contribution in [0.2, 0.25) is 0 Å². The van der Waals surface area contributed by atoms with Crippen molar-refractivity contribution in [2.45, 2.75) is 71.1 Å². The van der Waals surface area contributed by atoms with Crippen LogP contribution in [0.4, 0.5) is 13.2 Å². The van der Waals surface area contributed by atoms with Gasteiger partial charge in [-0.3, -0.25) is 14.5 Å². The SMILES string of the molecule is Cc1ncnn1-c1cccc([C@@H](COC(=O)CC2(C(F)(F)F)CC2)N2C(=O)[C@@](CC(C)(C)C)(c3ccc(-c4ccsn4)cc3)N=C2N)c1. The third-order valence-corrected chi connectivity index (χ3v) is 9.44. The second kappa shape index (κ2) is 12.1. The second-order valence-corrected chi connectivity index (χ2v) is 14.3. The lowest BCUT2D eigenvalue weighted by Crippen LogP contribution is -2.47. The Kier molecular flexibility index (Phi) is 8.42. The summed E-state index contributed by atoms with van der Waals surface area (Å²) in [6, 6.07) is 15.4. The number of aromatic nitrogens is 4. The van der Waals surface area contributed by atoms with Crippen molar-refractivity contribution in [3.05, 3.63) is 83.3 Å². The molecule has 4 aromatic rings. The molecule has 2 atom stereocenters. The van der Waals surface area contributed by atoms with Gasteiger partial charge in [-0.05, 0) is 72.5 Å². The minimum atomic E-state index is -4.51. The van der Waals surface area contributed by atoms with E-state index in [1.807, 2.05) is 56.5 Å². The molecule has 0 radical (unpaired) electrons. The standard InChI is InChI=1S/C34H36F3N7O3S/c1-21-39-20-40-44(21)25-7-5-6-23(16-25)27(18-47-28(45)17-32(13-14-32)34(35,36)37)43-29(46)33(41-30(43)38,19-31(2,3)4)24-10-8-22(9-11-24)26-12-15-48-42-26/h5-12,15-16,20,27H,13-14,17-19H2,1-4H3,(H2,38,41)/t27-,33-/m1/s1. The molecule has 1 fully saturated rings. The summed E-state index contributed by atoms with van der Waals surface area (Å²) in [6.07, 6.45) is -3.86. The third kappa shape index (κ3) is 6.32. The van der Waals surface area contributed by atoms with Crippen molar-refractivity contribution in [2.24, 2.45) is 21.6 Å². The van der Waals surface area contributed by atoms with Crippen LogP contribution in [0, 0.1) is 17.8 Å². The van der Waals surface area contributed by atoms with Gasteiger partial charge in [-0.2, -0.15) is 22.6 Å². The molecule has 0 spiro atoms. The minimum Gasteiger partial charge on any atom is -0.463 e. The van der Waals surface area contributed by atoms with Crippen LogP contribution < -0.4 is 5.73 Å². The fourth-order valence-corrected chi connectivity index (χ4v) is 6.83. The number of benzene rings is 2. The second-order valence-electron chi connectivity index (χ2n) is 13.7. The predicted octanol–water partition coefficient (Wildman–Crippen LogP) is 6.50. The highest BCUT2D eigenvalue weighted by atomic mass is 32.1. The molecule has 1 aliphatic heterocycles. The summed E-state index contributed by atoms with van der Waals surface area (Å²) in [6.45, 7) is 7.33. The Labute approximate surface area is 280 Å². The van der Waals surface area contributed by atoms with Gasteiger partial charge in [0, 0.05) is 10.9 Å². The molecule has 1 saturated carbocycles. The highest BCUT2D eigenvalue weighted by Gasteiger charge is 2.64. The first-order chi connectivity index (χ1) is 22.6. The first-order valence-corrected chi connectivity index (χ1v) is 16.4. The normalized spacial score (nSPS) is 19.7. The zero-order chi connectivity index (χ0) is 34.5.